The number of nitrogens with one attached hydrogen (secondary N) is 2. The highest BCUT2D eigenvalue weighted by Gasteiger charge is 2.16. The molecule has 1 heterocycles. The lowest BCUT2D eigenvalue weighted by molar-refractivity contribution is -0.115. The van der Waals surface area contributed by atoms with Crippen LogP contribution in [0.2, 0.25) is 0 Å². The molecule has 0 atom stereocenters. The first-order valence-electron chi connectivity index (χ1n) is 4.86. The van der Waals surface area contributed by atoms with Gasteiger partial charge >= 0.3 is 0 Å². The molecular weight excluding hydrogens is 188 g/mol. The second kappa shape index (κ2) is 4.16. The van der Waals surface area contributed by atoms with Gasteiger partial charge < -0.3 is 10.6 Å². The summed E-state index contributed by atoms with van der Waals surface area (Å²) >= 11 is 0. The van der Waals surface area contributed by atoms with Gasteiger partial charge in [-0.05, 0) is 30.8 Å². The van der Waals surface area contributed by atoms with Crippen molar-refractivity contribution in [2.75, 3.05) is 18.9 Å². The van der Waals surface area contributed by atoms with Gasteiger partial charge in [-0.1, -0.05) is 11.8 Å². The average molecular weight is 200 g/mol. The van der Waals surface area contributed by atoms with E-state index in [1.54, 1.807) is 0 Å². The predicted octanol–water partition coefficient (Wildman–Crippen LogP) is 0.752. The van der Waals surface area contributed by atoms with Gasteiger partial charge in [-0.2, -0.15) is 0 Å². The van der Waals surface area contributed by atoms with E-state index >= 15 is 0 Å². The van der Waals surface area contributed by atoms with Crippen molar-refractivity contribution in [2.45, 2.75) is 6.42 Å². The van der Waals surface area contributed by atoms with Crippen molar-refractivity contribution in [2.24, 2.45) is 0 Å². The van der Waals surface area contributed by atoms with E-state index in [1.165, 1.54) is 0 Å². The Kier molecular flexibility index (Phi) is 2.70. The third-order valence-electron chi connectivity index (χ3n) is 2.23. The number of amides is 1. The molecule has 0 saturated heterocycles. The number of fused-ring (bicyclic) bond motifs is 1. The number of carbonyl (C=O) groups is 1. The maximum atomic E-state index is 11.1. The van der Waals surface area contributed by atoms with Crippen LogP contribution in [-0.2, 0) is 11.2 Å². The van der Waals surface area contributed by atoms with E-state index in [2.05, 4.69) is 22.5 Å². The molecule has 0 bridgehead atoms. The maximum Gasteiger partial charge on any atom is 0.228 e. The zero-order chi connectivity index (χ0) is 10.7. The normalized spacial score (nSPS) is 12.7. The average Bonchev–Trinajstić information content (AvgIpc) is 2.57. The molecule has 1 aliphatic rings. The predicted molar refractivity (Wildman–Crippen MR) is 59.6 cm³/mol. The lowest BCUT2D eigenvalue weighted by Crippen LogP contribution is -2.04. The summed E-state index contributed by atoms with van der Waals surface area (Å²) in [5.41, 5.74) is 2.91. The smallest absolute Gasteiger partial charge is 0.228 e. The van der Waals surface area contributed by atoms with Crippen molar-refractivity contribution in [3.63, 3.8) is 0 Å². The van der Waals surface area contributed by atoms with Crippen LogP contribution in [0, 0.1) is 11.8 Å². The fraction of sp³-hybridized carbons (Fsp3) is 0.250. The standard InChI is InChI=1S/C12H12N2O/c1-13-6-2-3-9-4-5-11-10(7-9)8-12(15)14-11/h4-5,7,13H,6,8H2,1H3,(H,14,15). The van der Waals surface area contributed by atoms with Crippen LogP contribution in [0.3, 0.4) is 0 Å². The second-order valence-corrected chi connectivity index (χ2v) is 3.43. The van der Waals surface area contributed by atoms with Crippen molar-refractivity contribution in [3.8, 4) is 11.8 Å². The highest BCUT2D eigenvalue weighted by Crippen LogP contribution is 2.23. The lowest BCUT2D eigenvalue weighted by atomic mass is 10.1. The summed E-state index contributed by atoms with van der Waals surface area (Å²) in [6.07, 6.45) is 0.469. The number of carbonyl (C=O) groups excluding carboxylic acids is 1. The summed E-state index contributed by atoms with van der Waals surface area (Å²) in [6.45, 7) is 0.675. The van der Waals surface area contributed by atoms with Crippen LogP contribution in [-0.4, -0.2) is 19.5 Å². The third kappa shape index (κ3) is 2.17. The molecule has 1 aromatic carbocycles. The highest BCUT2D eigenvalue weighted by atomic mass is 16.1. The summed E-state index contributed by atoms with van der Waals surface area (Å²) in [5.74, 6) is 6.09. The maximum absolute atomic E-state index is 11.1. The number of benzene rings is 1. The molecule has 0 spiro atoms. The first-order valence-corrected chi connectivity index (χ1v) is 4.86. The van der Waals surface area contributed by atoms with Gasteiger partial charge in [0.15, 0.2) is 0 Å². The zero-order valence-electron chi connectivity index (χ0n) is 8.55. The molecule has 1 aromatic rings. The third-order valence-corrected chi connectivity index (χ3v) is 2.23. The number of hydrogen-bond donors (Lipinski definition) is 2. The van der Waals surface area contributed by atoms with Gasteiger partial charge in [-0.15, -0.1) is 0 Å². The lowest BCUT2D eigenvalue weighted by Gasteiger charge is -1.97. The Morgan fingerprint density at radius 1 is 1.53 bits per heavy atom. The summed E-state index contributed by atoms with van der Waals surface area (Å²) in [4.78, 5) is 11.1. The van der Waals surface area contributed by atoms with Crippen LogP contribution in [0.25, 0.3) is 0 Å². The van der Waals surface area contributed by atoms with E-state index in [-0.39, 0.29) is 5.91 Å². The van der Waals surface area contributed by atoms with Crippen molar-refractivity contribution < 1.29 is 4.79 Å². The minimum Gasteiger partial charge on any atom is -0.326 e. The second-order valence-electron chi connectivity index (χ2n) is 3.43. The molecule has 3 nitrogen and oxygen atoms in total. The Bertz CT molecular complexity index is 454. The molecule has 0 radical (unpaired) electrons. The first-order chi connectivity index (χ1) is 7.29. The summed E-state index contributed by atoms with van der Waals surface area (Å²) < 4.78 is 0. The molecule has 15 heavy (non-hydrogen) atoms. The largest absolute Gasteiger partial charge is 0.326 e. The Labute approximate surface area is 88.9 Å². The molecule has 76 valence electrons. The van der Waals surface area contributed by atoms with Gasteiger partial charge in [-0.25, -0.2) is 0 Å². The summed E-state index contributed by atoms with van der Waals surface area (Å²) in [5, 5.41) is 5.75. The van der Waals surface area contributed by atoms with Crippen LogP contribution in [0.5, 0.6) is 0 Å². The van der Waals surface area contributed by atoms with Crippen molar-refractivity contribution >= 4 is 11.6 Å². The van der Waals surface area contributed by atoms with E-state index in [0.717, 1.165) is 16.8 Å². The van der Waals surface area contributed by atoms with Gasteiger partial charge in [0.1, 0.15) is 0 Å². The molecular formula is C12H12N2O. The number of anilines is 1. The number of hydrogen-bond acceptors (Lipinski definition) is 2. The van der Waals surface area contributed by atoms with E-state index in [0.29, 0.717) is 13.0 Å². The fourth-order valence-electron chi connectivity index (χ4n) is 1.54. The van der Waals surface area contributed by atoms with Crippen LogP contribution >= 0.6 is 0 Å². The highest BCUT2D eigenvalue weighted by molar-refractivity contribution is 5.99. The van der Waals surface area contributed by atoms with Crippen LogP contribution < -0.4 is 10.6 Å². The molecule has 0 unspecified atom stereocenters. The van der Waals surface area contributed by atoms with Gasteiger partial charge in [0.25, 0.3) is 0 Å². The summed E-state index contributed by atoms with van der Waals surface area (Å²) in [6, 6.07) is 5.80. The van der Waals surface area contributed by atoms with E-state index in [1.807, 2.05) is 25.2 Å². The first kappa shape index (κ1) is 9.75. The molecule has 0 saturated carbocycles. The zero-order valence-corrected chi connectivity index (χ0v) is 8.55. The van der Waals surface area contributed by atoms with Crippen LogP contribution in [0.1, 0.15) is 11.1 Å². The molecule has 0 aliphatic carbocycles. The SMILES string of the molecule is CNCC#Cc1ccc2c(c1)CC(=O)N2. The van der Waals surface area contributed by atoms with Crippen LogP contribution in [0.15, 0.2) is 18.2 Å². The fourth-order valence-corrected chi connectivity index (χ4v) is 1.54. The minimum absolute atomic E-state index is 0.0605. The quantitative estimate of drug-likeness (QED) is 0.657. The monoisotopic (exact) mass is 200 g/mol. The van der Waals surface area contributed by atoms with Gasteiger partial charge in [0.2, 0.25) is 5.91 Å². The minimum atomic E-state index is 0.0605. The van der Waals surface area contributed by atoms with Crippen LogP contribution in [0.4, 0.5) is 5.69 Å². The Morgan fingerprint density at radius 3 is 3.20 bits per heavy atom. The molecule has 2 N–H and O–H groups in total. The van der Waals surface area contributed by atoms with Crippen molar-refractivity contribution in [3.05, 3.63) is 29.3 Å². The van der Waals surface area contributed by atoms with Crippen molar-refractivity contribution in [1.82, 2.24) is 5.32 Å². The molecule has 0 fully saturated rings. The number of rotatable bonds is 1. The topological polar surface area (TPSA) is 41.1 Å². The van der Waals surface area contributed by atoms with Crippen molar-refractivity contribution in [1.29, 1.82) is 0 Å². The Balaban J connectivity index is 2.21. The molecule has 2 rings (SSSR count). The molecule has 1 amide bonds. The Hall–Kier alpha value is -1.79. The van der Waals surface area contributed by atoms with Gasteiger partial charge in [-0.3, -0.25) is 4.79 Å². The van der Waals surface area contributed by atoms with E-state index < -0.39 is 0 Å². The molecule has 3 heteroatoms. The van der Waals surface area contributed by atoms with E-state index in [4.69, 9.17) is 0 Å². The van der Waals surface area contributed by atoms with Gasteiger partial charge in [0.05, 0.1) is 13.0 Å². The van der Waals surface area contributed by atoms with Gasteiger partial charge in [0, 0.05) is 11.3 Å². The Morgan fingerprint density at radius 2 is 2.40 bits per heavy atom. The molecule has 0 aromatic heterocycles. The summed E-state index contributed by atoms with van der Waals surface area (Å²) in [7, 11) is 1.86. The van der Waals surface area contributed by atoms with E-state index in [9.17, 15) is 4.79 Å². The molecule has 1 aliphatic heterocycles.